The van der Waals surface area contributed by atoms with Gasteiger partial charge in [-0.1, -0.05) is 0 Å². The van der Waals surface area contributed by atoms with Gasteiger partial charge in [-0.3, -0.25) is 9.78 Å². The van der Waals surface area contributed by atoms with Crippen molar-refractivity contribution in [1.29, 1.82) is 0 Å². The molecule has 3 aromatic rings. The second-order valence-electron chi connectivity index (χ2n) is 9.49. The van der Waals surface area contributed by atoms with Gasteiger partial charge in [-0.15, -0.1) is 0 Å². The van der Waals surface area contributed by atoms with Crippen molar-refractivity contribution in [3.8, 4) is 11.4 Å². The van der Waals surface area contributed by atoms with Crippen molar-refractivity contribution in [2.45, 2.75) is 45.1 Å². The number of aromatic nitrogens is 3. The Balaban J connectivity index is 1.61. The summed E-state index contributed by atoms with van der Waals surface area (Å²) in [5, 5.41) is 7.49. The van der Waals surface area contributed by atoms with Gasteiger partial charge in [0, 0.05) is 25.2 Å². The minimum atomic E-state index is -0.543. The van der Waals surface area contributed by atoms with Crippen LogP contribution in [0.3, 0.4) is 0 Å². The number of carbonyl (C=O) groups is 2. The first-order valence-corrected chi connectivity index (χ1v) is 11.7. The molecule has 0 aliphatic carbocycles. The van der Waals surface area contributed by atoms with Gasteiger partial charge in [-0.25, -0.2) is 9.48 Å². The van der Waals surface area contributed by atoms with E-state index in [-0.39, 0.29) is 17.9 Å². The molecule has 0 saturated carbocycles. The maximum absolute atomic E-state index is 13.3. The Bertz CT molecular complexity index is 1160. The third kappa shape index (κ3) is 5.79. The molecule has 0 unspecified atom stereocenters. The maximum atomic E-state index is 13.3. The number of ether oxygens (including phenoxy) is 2. The molecule has 9 nitrogen and oxygen atoms in total. The molecular formula is C26H31N5O4. The molecule has 1 N–H and O–H groups in total. The Morgan fingerprint density at radius 1 is 1.06 bits per heavy atom. The molecular weight excluding hydrogens is 446 g/mol. The number of nitrogens with one attached hydrogen (secondary N) is 1. The standard InChI is InChI=1S/C26H31N5O4/c1-26(2,3)35-25(33)30-14-11-18(12-15-30)23-22(24(32)29-19-6-5-13-27-16-19)17-28-31(23)20-7-9-21(34-4)10-8-20/h5-10,13,16-18H,11-12,14-15H2,1-4H3,(H,29,32). The highest BCUT2D eigenvalue weighted by atomic mass is 16.6. The summed E-state index contributed by atoms with van der Waals surface area (Å²) < 4.78 is 12.6. The third-order valence-electron chi connectivity index (χ3n) is 5.82. The summed E-state index contributed by atoms with van der Waals surface area (Å²) in [6.07, 6.45) is 5.93. The monoisotopic (exact) mass is 477 g/mol. The second-order valence-corrected chi connectivity index (χ2v) is 9.49. The predicted molar refractivity (Wildman–Crippen MR) is 132 cm³/mol. The van der Waals surface area contributed by atoms with Crippen LogP contribution in [0.2, 0.25) is 0 Å². The van der Waals surface area contributed by atoms with Crippen molar-refractivity contribution >= 4 is 17.7 Å². The number of hydrogen-bond acceptors (Lipinski definition) is 6. The van der Waals surface area contributed by atoms with E-state index in [0.29, 0.717) is 37.2 Å². The van der Waals surface area contributed by atoms with Gasteiger partial charge in [0.05, 0.1) is 42.1 Å². The molecule has 35 heavy (non-hydrogen) atoms. The summed E-state index contributed by atoms with van der Waals surface area (Å²) in [7, 11) is 1.62. The lowest BCUT2D eigenvalue weighted by molar-refractivity contribution is 0.0203. The summed E-state index contributed by atoms with van der Waals surface area (Å²) in [4.78, 5) is 31.6. The molecule has 1 fully saturated rings. The van der Waals surface area contributed by atoms with Crippen molar-refractivity contribution in [3.63, 3.8) is 0 Å². The molecule has 1 aliphatic heterocycles. The van der Waals surface area contributed by atoms with E-state index in [4.69, 9.17) is 9.47 Å². The Morgan fingerprint density at radius 2 is 1.77 bits per heavy atom. The van der Waals surface area contributed by atoms with Crippen LogP contribution < -0.4 is 10.1 Å². The number of carbonyl (C=O) groups excluding carboxylic acids is 2. The van der Waals surface area contributed by atoms with E-state index in [9.17, 15) is 9.59 Å². The highest BCUT2D eigenvalue weighted by molar-refractivity contribution is 6.05. The minimum Gasteiger partial charge on any atom is -0.497 e. The van der Waals surface area contributed by atoms with Crippen LogP contribution in [0.4, 0.5) is 10.5 Å². The molecule has 184 valence electrons. The van der Waals surface area contributed by atoms with Gasteiger partial charge < -0.3 is 19.7 Å². The maximum Gasteiger partial charge on any atom is 0.410 e. The average Bonchev–Trinajstić information content (AvgIpc) is 3.29. The van der Waals surface area contributed by atoms with Gasteiger partial charge in [0.15, 0.2) is 0 Å². The van der Waals surface area contributed by atoms with Crippen LogP contribution in [-0.4, -0.2) is 57.5 Å². The highest BCUT2D eigenvalue weighted by Gasteiger charge is 2.32. The van der Waals surface area contributed by atoms with E-state index in [1.165, 1.54) is 0 Å². The Labute approximate surface area is 205 Å². The summed E-state index contributed by atoms with van der Waals surface area (Å²) in [5.41, 5.74) is 2.22. The molecule has 0 spiro atoms. The van der Waals surface area contributed by atoms with Gasteiger partial charge >= 0.3 is 6.09 Å². The number of benzene rings is 1. The first-order chi connectivity index (χ1) is 16.7. The van der Waals surface area contributed by atoms with Crippen LogP contribution in [-0.2, 0) is 4.74 Å². The molecule has 1 saturated heterocycles. The highest BCUT2D eigenvalue weighted by Crippen LogP contribution is 2.33. The van der Waals surface area contributed by atoms with Gasteiger partial charge in [0.2, 0.25) is 0 Å². The first kappa shape index (κ1) is 24.3. The number of anilines is 1. The van der Waals surface area contributed by atoms with Crippen molar-refractivity contribution < 1.29 is 19.1 Å². The normalized spacial score (nSPS) is 14.5. The number of methoxy groups -OCH3 is 1. The summed E-state index contributed by atoms with van der Waals surface area (Å²) in [6, 6.07) is 11.1. The number of rotatable bonds is 5. The number of piperidine rings is 1. The van der Waals surface area contributed by atoms with Gasteiger partial charge in [0.1, 0.15) is 11.4 Å². The smallest absolute Gasteiger partial charge is 0.410 e. The molecule has 2 aromatic heterocycles. The lowest BCUT2D eigenvalue weighted by Gasteiger charge is -2.34. The Kier molecular flexibility index (Phi) is 7.04. The minimum absolute atomic E-state index is 0.0351. The van der Waals surface area contributed by atoms with Crippen LogP contribution >= 0.6 is 0 Å². The third-order valence-corrected chi connectivity index (χ3v) is 5.82. The fraction of sp³-hybridized carbons (Fsp3) is 0.385. The van der Waals surface area contributed by atoms with Crippen LogP contribution in [0.15, 0.2) is 55.0 Å². The Morgan fingerprint density at radius 3 is 2.37 bits per heavy atom. The van der Waals surface area contributed by atoms with Crippen LogP contribution in [0.5, 0.6) is 5.75 Å². The number of likely N-dealkylation sites (tertiary alicyclic amines) is 1. The Hall–Kier alpha value is -3.88. The lowest BCUT2D eigenvalue weighted by atomic mass is 9.91. The second kappa shape index (κ2) is 10.2. The summed E-state index contributed by atoms with van der Waals surface area (Å²) in [6.45, 7) is 6.66. The molecule has 2 amide bonds. The molecule has 0 radical (unpaired) electrons. The van der Waals surface area contributed by atoms with Crippen molar-refractivity contribution in [1.82, 2.24) is 19.7 Å². The number of nitrogens with zero attached hydrogens (tertiary/aromatic N) is 4. The van der Waals surface area contributed by atoms with Crippen LogP contribution in [0, 0.1) is 0 Å². The van der Waals surface area contributed by atoms with Gasteiger partial charge in [-0.05, 0) is 70.0 Å². The van der Waals surface area contributed by atoms with Gasteiger partial charge in [0.25, 0.3) is 5.91 Å². The van der Waals surface area contributed by atoms with E-state index in [1.807, 2.05) is 49.7 Å². The zero-order chi connectivity index (χ0) is 25.0. The largest absolute Gasteiger partial charge is 0.497 e. The molecule has 1 aliphatic rings. The van der Waals surface area contributed by atoms with Crippen molar-refractivity contribution in [2.24, 2.45) is 0 Å². The summed E-state index contributed by atoms with van der Waals surface area (Å²) in [5.74, 6) is 0.526. The van der Waals surface area contributed by atoms with Crippen molar-refractivity contribution in [2.75, 3.05) is 25.5 Å². The fourth-order valence-corrected chi connectivity index (χ4v) is 4.15. The molecule has 1 aromatic carbocycles. The SMILES string of the molecule is COc1ccc(-n2ncc(C(=O)Nc3cccnc3)c2C2CCN(C(=O)OC(C)(C)C)CC2)cc1. The van der Waals surface area contributed by atoms with E-state index >= 15 is 0 Å². The van der Waals surface area contributed by atoms with E-state index in [2.05, 4.69) is 15.4 Å². The fourth-order valence-electron chi connectivity index (χ4n) is 4.15. The quantitative estimate of drug-likeness (QED) is 0.575. The topological polar surface area (TPSA) is 98.6 Å². The average molecular weight is 478 g/mol. The predicted octanol–water partition coefficient (Wildman–Crippen LogP) is 4.64. The molecule has 3 heterocycles. The zero-order valence-electron chi connectivity index (χ0n) is 20.5. The van der Waals surface area contributed by atoms with E-state index < -0.39 is 5.60 Å². The van der Waals surface area contributed by atoms with Crippen molar-refractivity contribution in [3.05, 3.63) is 66.2 Å². The first-order valence-electron chi connectivity index (χ1n) is 11.7. The van der Waals surface area contributed by atoms with E-state index in [0.717, 1.165) is 17.1 Å². The number of pyridine rings is 1. The van der Waals surface area contributed by atoms with Crippen LogP contribution in [0.1, 0.15) is 55.6 Å². The van der Waals surface area contributed by atoms with Crippen LogP contribution in [0.25, 0.3) is 5.69 Å². The molecule has 0 bridgehead atoms. The molecule has 4 rings (SSSR count). The van der Waals surface area contributed by atoms with Gasteiger partial charge in [-0.2, -0.15) is 5.10 Å². The zero-order valence-corrected chi connectivity index (χ0v) is 20.5. The van der Waals surface area contributed by atoms with E-state index in [1.54, 1.807) is 42.7 Å². The summed E-state index contributed by atoms with van der Waals surface area (Å²) >= 11 is 0. The molecule has 9 heteroatoms. The number of hydrogen-bond donors (Lipinski definition) is 1. The number of amides is 2. The lowest BCUT2D eigenvalue weighted by Crippen LogP contribution is -2.41. The molecule has 0 atom stereocenters.